The number of amides is 1. The second kappa shape index (κ2) is 4.96. The minimum Gasteiger partial charge on any atom is -0.452 e. The van der Waals surface area contributed by atoms with E-state index in [0.717, 1.165) is 6.42 Å². The summed E-state index contributed by atoms with van der Waals surface area (Å²) >= 11 is 0. The van der Waals surface area contributed by atoms with Crippen LogP contribution in [0, 0.1) is 0 Å². The number of ketones is 1. The van der Waals surface area contributed by atoms with Crippen LogP contribution in [0.4, 0.5) is 4.79 Å². The Hall–Kier alpha value is -1.59. The molecule has 2 bridgehead atoms. The third-order valence-corrected chi connectivity index (χ3v) is 3.42. The largest absolute Gasteiger partial charge is 0.452 e. The number of piperidine rings is 1. The molecule has 2 aliphatic rings. The van der Waals surface area contributed by atoms with Gasteiger partial charge in [-0.25, -0.2) is 4.79 Å². The molecule has 2 saturated heterocycles. The standard InChI is InChI=1S/C12H17NO5/c1-3-17-12(16)13-8-4-5-9(13)11(10(15)6-8)18-7(2)14/h8-9,11H,3-6H2,1-2H3/t8-,9+,11-/m0/s1. The maximum absolute atomic E-state index is 11.9. The Morgan fingerprint density at radius 3 is 2.72 bits per heavy atom. The van der Waals surface area contributed by atoms with E-state index in [9.17, 15) is 14.4 Å². The van der Waals surface area contributed by atoms with Crippen LogP contribution in [-0.4, -0.2) is 47.5 Å². The third-order valence-electron chi connectivity index (χ3n) is 3.42. The molecule has 2 aliphatic heterocycles. The summed E-state index contributed by atoms with van der Waals surface area (Å²) < 4.78 is 10.0. The lowest BCUT2D eigenvalue weighted by atomic mass is 9.99. The highest BCUT2D eigenvalue weighted by Crippen LogP contribution is 2.36. The number of fused-ring (bicyclic) bond motifs is 2. The number of rotatable bonds is 2. The summed E-state index contributed by atoms with van der Waals surface area (Å²) in [6.45, 7) is 3.29. The topological polar surface area (TPSA) is 72.9 Å². The second-order valence-electron chi connectivity index (χ2n) is 4.61. The number of carbonyl (C=O) groups is 3. The van der Waals surface area contributed by atoms with Crippen molar-refractivity contribution in [2.75, 3.05) is 6.61 Å². The molecule has 1 amide bonds. The van der Waals surface area contributed by atoms with Gasteiger partial charge in [0.05, 0.1) is 12.6 Å². The van der Waals surface area contributed by atoms with Crippen molar-refractivity contribution in [3.63, 3.8) is 0 Å². The van der Waals surface area contributed by atoms with Gasteiger partial charge in [0, 0.05) is 19.4 Å². The highest BCUT2D eigenvalue weighted by molar-refractivity contribution is 5.89. The van der Waals surface area contributed by atoms with Crippen molar-refractivity contribution in [1.82, 2.24) is 4.90 Å². The average Bonchev–Trinajstić information content (AvgIpc) is 2.62. The molecule has 0 unspecified atom stereocenters. The van der Waals surface area contributed by atoms with E-state index in [1.54, 1.807) is 11.8 Å². The molecule has 3 atom stereocenters. The average molecular weight is 255 g/mol. The smallest absolute Gasteiger partial charge is 0.410 e. The van der Waals surface area contributed by atoms with Crippen molar-refractivity contribution in [2.45, 2.75) is 51.3 Å². The molecule has 0 aromatic carbocycles. The lowest BCUT2D eigenvalue weighted by Crippen LogP contribution is -2.56. The van der Waals surface area contributed by atoms with E-state index < -0.39 is 18.2 Å². The molecule has 100 valence electrons. The number of hydrogen-bond acceptors (Lipinski definition) is 5. The molecule has 6 heteroatoms. The van der Waals surface area contributed by atoms with Gasteiger partial charge < -0.3 is 9.47 Å². The van der Waals surface area contributed by atoms with Crippen LogP contribution in [-0.2, 0) is 19.1 Å². The van der Waals surface area contributed by atoms with Gasteiger partial charge >= 0.3 is 12.1 Å². The van der Waals surface area contributed by atoms with Crippen LogP contribution in [0.25, 0.3) is 0 Å². The zero-order chi connectivity index (χ0) is 13.3. The van der Waals surface area contributed by atoms with Crippen LogP contribution in [0.15, 0.2) is 0 Å². The van der Waals surface area contributed by atoms with Crippen LogP contribution in [0.3, 0.4) is 0 Å². The van der Waals surface area contributed by atoms with Gasteiger partial charge in [0.2, 0.25) is 0 Å². The Kier molecular flexibility index (Phi) is 3.54. The van der Waals surface area contributed by atoms with E-state index in [1.165, 1.54) is 6.92 Å². The lowest BCUT2D eigenvalue weighted by Gasteiger charge is -2.37. The Balaban J connectivity index is 2.16. The van der Waals surface area contributed by atoms with Gasteiger partial charge in [0.25, 0.3) is 0 Å². The van der Waals surface area contributed by atoms with Gasteiger partial charge in [-0.1, -0.05) is 0 Å². The molecule has 0 aliphatic carbocycles. The van der Waals surface area contributed by atoms with Crippen molar-refractivity contribution in [3.05, 3.63) is 0 Å². The van der Waals surface area contributed by atoms with Gasteiger partial charge in [-0.3, -0.25) is 14.5 Å². The molecule has 2 fully saturated rings. The Morgan fingerprint density at radius 2 is 2.11 bits per heavy atom. The fraction of sp³-hybridized carbons (Fsp3) is 0.750. The monoisotopic (exact) mass is 255 g/mol. The Morgan fingerprint density at radius 1 is 1.39 bits per heavy atom. The van der Waals surface area contributed by atoms with E-state index in [-0.39, 0.29) is 24.3 Å². The van der Waals surface area contributed by atoms with E-state index in [1.807, 2.05) is 0 Å². The van der Waals surface area contributed by atoms with E-state index in [2.05, 4.69) is 0 Å². The molecule has 0 spiro atoms. The van der Waals surface area contributed by atoms with Gasteiger partial charge in [-0.05, 0) is 19.8 Å². The normalized spacial score (nSPS) is 30.2. The Labute approximate surface area is 105 Å². The first-order valence-corrected chi connectivity index (χ1v) is 6.19. The van der Waals surface area contributed by atoms with Crippen LogP contribution in [0.1, 0.15) is 33.1 Å². The summed E-state index contributed by atoms with van der Waals surface area (Å²) in [5, 5.41) is 0. The predicted octanol–water partition coefficient (Wildman–Crippen LogP) is 0.880. The van der Waals surface area contributed by atoms with E-state index in [0.29, 0.717) is 13.0 Å². The van der Waals surface area contributed by atoms with Crippen LogP contribution >= 0.6 is 0 Å². The highest BCUT2D eigenvalue weighted by atomic mass is 16.6. The molecular weight excluding hydrogens is 238 g/mol. The summed E-state index contributed by atoms with van der Waals surface area (Å²) in [5.41, 5.74) is 0. The molecule has 0 saturated carbocycles. The van der Waals surface area contributed by atoms with Gasteiger partial charge in [0.15, 0.2) is 11.9 Å². The molecule has 2 heterocycles. The summed E-state index contributed by atoms with van der Waals surface area (Å²) in [4.78, 5) is 36.3. The number of Topliss-reactive ketones (excluding diaryl/α,β-unsaturated/α-hetero) is 1. The SMILES string of the molecule is CCOC(=O)N1[C@H]2CC[C@@H]1[C@H](OC(C)=O)C(=O)C2. The zero-order valence-electron chi connectivity index (χ0n) is 10.5. The number of carbonyl (C=O) groups excluding carboxylic acids is 3. The number of hydrogen-bond donors (Lipinski definition) is 0. The maximum atomic E-state index is 11.9. The predicted molar refractivity (Wildman–Crippen MR) is 60.8 cm³/mol. The molecule has 6 nitrogen and oxygen atoms in total. The number of ether oxygens (including phenoxy) is 2. The van der Waals surface area contributed by atoms with E-state index in [4.69, 9.17) is 9.47 Å². The van der Waals surface area contributed by atoms with Crippen molar-refractivity contribution in [1.29, 1.82) is 0 Å². The summed E-state index contributed by atoms with van der Waals surface area (Å²) in [6, 6.07) is -0.465. The van der Waals surface area contributed by atoms with Crippen molar-refractivity contribution in [2.24, 2.45) is 0 Å². The van der Waals surface area contributed by atoms with Crippen molar-refractivity contribution in [3.8, 4) is 0 Å². The first kappa shape index (κ1) is 12.9. The molecule has 18 heavy (non-hydrogen) atoms. The lowest BCUT2D eigenvalue weighted by molar-refractivity contribution is -0.159. The fourth-order valence-corrected chi connectivity index (χ4v) is 2.78. The second-order valence-corrected chi connectivity index (χ2v) is 4.61. The Bertz CT molecular complexity index is 381. The summed E-state index contributed by atoms with van der Waals surface area (Å²) in [6.07, 6.45) is 0.424. The van der Waals surface area contributed by atoms with Crippen molar-refractivity contribution >= 4 is 17.8 Å². The maximum Gasteiger partial charge on any atom is 0.410 e. The first-order chi connectivity index (χ1) is 8.54. The van der Waals surface area contributed by atoms with E-state index >= 15 is 0 Å². The quantitative estimate of drug-likeness (QED) is 0.685. The van der Waals surface area contributed by atoms with Gasteiger partial charge in [0.1, 0.15) is 0 Å². The molecule has 0 aromatic heterocycles. The number of nitrogens with zero attached hydrogens (tertiary/aromatic N) is 1. The molecule has 0 aromatic rings. The van der Waals surface area contributed by atoms with Crippen LogP contribution in [0.2, 0.25) is 0 Å². The van der Waals surface area contributed by atoms with Gasteiger partial charge in [-0.15, -0.1) is 0 Å². The zero-order valence-corrected chi connectivity index (χ0v) is 10.5. The number of esters is 1. The first-order valence-electron chi connectivity index (χ1n) is 6.19. The molecule has 2 rings (SSSR count). The minimum atomic E-state index is -0.828. The minimum absolute atomic E-state index is 0.0988. The molecule has 0 N–H and O–H groups in total. The molecule has 0 radical (unpaired) electrons. The van der Waals surface area contributed by atoms with Crippen LogP contribution in [0.5, 0.6) is 0 Å². The summed E-state index contributed by atoms with van der Waals surface area (Å²) in [7, 11) is 0. The highest BCUT2D eigenvalue weighted by Gasteiger charge is 2.51. The fourth-order valence-electron chi connectivity index (χ4n) is 2.78. The van der Waals surface area contributed by atoms with Crippen molar-refractivity contribution < 1.29 is 23.9 Å². The third kappa shape index (κ3) is 2.19. The van der Waals surface area contributed by atoms with Crippen LogP contribution < -0.4 is 0 Å². The van der Waals surface area contributed by atoms with Gasteiger partial charge in [-0.2, -0.15) is 0 Å². The molecular formula is C12H17NO5. The summed E-state index contributed by atoms with van der Waals surface area (Å²) in [5.74, 6) is -0.597.